The number of hydrogen-bond donors (Lipinski definition) is 1. The average Bonchev–Trinajstić information content (AvgIpc) is 2.10. The summed E-state index contributed by atoms with van der Waals surface area (Å²) in [4.78, 5) is 0. The molecule has 1 aromatic carbocycles. The average molecular weight is 182 g/mol. The minimum absolute atomic E-state index is 0.243. The summed E-state index contributed by atoms with van der Waals surface area (Å²) < 4.78 is 13.1. The zero-order valence-electron chi connectivity index (χ0n) is 8.05. The molecule has 1 rings (SSSR count). The molecule has 13 heavy (non-hydrogen) atoms. The predicted octanol–water partition coefficient (Wildman–Crippen LogP) is 2.97. The van der Waals surface area contributed by atoms with Gasteiger partial charge in [0, 0.05) is 0 Å². The van der Waals surface area contributed by atoms with Gasteiger partial charge in [-0.2, -0.15) is 0 Å². The molecule has 0 saturated heterocycles. The van der Waals surface area contributed by atoms with Gasteiger partial charge in [-0.05, 0) is 30.5 Å². The zero-order chi connectivity index (χ0) is 9.84. The summed E-state index contributed by atoms with van der Waals surface area (Å²) in [5, 5.41) is 9.57. The van der Waals surface area contributed by atoms with Crippen molar-refractivity contribution < 1.29 is 9.50 Å². The second kappa shape index (κ2) is 4.38. The Hall–Kier alpha value is -0.890. The van der Waals surface area contributed by atoms with Crippen LogP contribution in [0.5, 0.6) is 0 Å². The fourth-order valence-electron chi connectivity index (χ4n) is 1.26. The molecule has 1 aromatic rings. The standard InChI is InChI=1S/C11H15FO/c1-3-4-11(13)9-6-5-8(2)10(12)7-9/h5-7,11,13H,3-4H2,1-2H3/t11-/m1/s1. The number of aliphatic hydroxyl groups is 1. The summed E-state index contributed by atoms with van der Waals surface area (Å²) in [5.74, 6) is -0.243. The molecule has 0 heterocycles. The molecule has 0 bridgehead atoms. The van der Waals surface area contributed by atoms with Gasteiger partial charge in [-0.25, -0.2) is 4.39 Å². The van der Waals surface area contributed by atoms with Crippen molar-refractivity contribution >= 4 is 0 Å². The Morgan fingerprint density at radius 2 is 2.15 bits per heavy atom. The topological polar surface area (TPSA) is 20.2 Å². The minimum Gasteiger partial charge on any atom is -0.388 e. The number of benzene rings is 1. The number of rotatable bonds is 3. The Kier molecular flexibility index (Phi) is 3.43. The van der Waals surface area contributed by atoms with E-state index < -0.39 is 6.10 Å². The quantitative estimate of drug-likeness (QED) is 0.762. The molecule has 1 atom stereocenters. The van der Waals surface area contributed by atoms with E-state index in [2.05, 4.69) is 0 Å². The van der Waals surface area contributed by atoms with Crippen molar-refractivity contribution in [1.82, 2.24) is 0 Å². The van der Waals surface area contributed by atoms with Crippen LogP contribution in [0.2, 0.25) is 0 Å². The predicted molar refractivity (Wildman–Crippen MR) is 51.0 cm³/mol. The number of hydrogen-bond acceptors (Lipinski definition) is 1. The third-order valence-electron chi connectivity index (χ3n) is 2.14. The Labute approximate surface area is 78.2 Å². The first-order valence-corrected chi connectivity index (χ1v) is 4.59. The van der Waals surface area contributed by atoms with Crippen molar-refractivity contribution in [3.8, 4) is 0 Å². The number of halogens is 1. The van der Waals surface area contributed by atoms with Crippen molar-refractivity contribution in [1.29, 1.82) is 0 Å². The van der Waals surface area contributed by atoms with Crippen LogP contribution in [-0.2, 0) is 0 Å². The molecule has 0 aliphatic rings. The maximum absolute atomic E-state index is 13.1. The summed E-state index contributed by atoms with van der Waals surface area (Å²) in [6, 6.07) is 4.89. The number of aliphatic hydroxyl groups excluding tert-OH is 1. The maximum atomic E-state index is 13.1. The summed E-state index contributed by atoms with van der Waals surface area (Å²) in [6.45, 7) is 3.71. The molecule has 1 N–H and O–H groups in total. The molecule has 72 valence electrons. The molecular weight excluding hydrogens is 167 g/mol. The lowest BCUT2D eigenvalue weighted by molar-refractivity contribution is 0.166. The first kappa shape index (κ1) is 10.2. The Balaban J connectivity index is 2.84. The molecule has 0 fully saturated rings. The van der Waals surface area contributed by atoms with Gasteiger partial charge in [-0.1, -0.05) is 25.5 Å². The second-order valence-electron chi connectivity index (χ2n) is 3.31. The fraction of sp³-hybridized carbons (Fsp3) is 0.455. The molecule has 1 nitrogen and oxygen atoms in total. The first-order chi connectivity index (χ1) is 6.15. The van der Waals surface area contributed by atoms with Crippen molar-refractivity contribution in [3.63, 3.8) is 0 Å². The van der Waals surface area contributed by atoms with Crippen molar-refractivity contribution in [3.05, 3.63) is 35.1 Å². The van der Waals surface area contributed by atoms with E-state index in [9.17, 15) is 9.50 Å². The number of aryl methyl sites for hydroxylation is 1. The zero-order valence-corrected chi connectivity index (χ0v) is 8.05. The van der Waals surface area contributed by atoms with Gasteiger partial charge in [0.05, 0.1) is 6.10 Å². The normalized spacial score (nSPS) is 12.9. The van der Waals surface area contributed by atoms with Crippen LogP contribution in [0.3, 0.4) is 0 Å². The summed E-state index contributed by atoms with van der Waals surface area (Å²) in [6.07, 6.45) is 1.05. The van der Waals surface area contributed by atoms with Gasteiger partial charge in [-0.15, -0.1) is 0 Å². The summed E-state index contributed by atoms with van der Waals surface area (Å²) in [5.41, 5.74) is 1.29. The molecule has 0 spiro atoms. The molecule has 0 saturated carbocycles. The van der Waals surface area contributed by atoms with Gasteiger partial charge < -0.3 is 5.11 Å². The van der Waals surface area contributed by atoms with Crippen LogP contribution >= 0.6 is 0 Å². The highest BCUT2D eigenvalue weighted by molar-refractivity contribution is 5.24. The van der Waals surface area contributed by atoms with Crippen LogP contribution in [0.15, 0.2) is 18.2 Å². The van der Waals surface area contributed by atoms with Gasteiger partial charge in [0.1, 0.15) is 5.82 Å². The molecule has 0 aliphatic heterocycles. The van der Waals surface area contributed by atoms with Gasteiger partial charge in [0.2, 0.25) is 0 Å². The van der Waals surface area contributed by atoms with Crippen LogP contribution in [0, 0.1) is 12.7 Å². The Morgan fingerprint density at radius 3 is 2.69 bits per heavy atom. The molecule has 2 heteroatoms. The van der Waals surface area contributed by atoms with Crippen LogP contribution < -0.4 is 0 Å². The third-order valence-corrected chi connectivity index (χ3v) is 2.14. The SMILES string of the molecule is CCC[C@@H](O)c1ccc(C)c(F)c1. The van der Waals surface area contributed by atoms with E-state index in [0.29, 0.717) is 17.5 Å². The van der Waals surface area contributed by atoms with E-state index >= 15 is 0 Å². The van der Waals surface area contributed by atoms with Crippen LogP contribution in [0.25, 0.3) is 0 Å². The van der Waals surface area contributed by atoms with Gasteiger partial charge in [0.25, 0.3) is 0 Å². The minimum atomic E-state index is -0.528. The van der Waals surface area contributed by atoms with Gasteiger partial charge in [-0.3, -0.25) is 0 Å². The van der Waals surface area contributed by atoms with E-state index in [4.69, 9.17) is 0 Å². The van der Waals surface area contributed by atoms with Gasteiger partial charge in [0.15, 0.2) is 0 Å². The fourth-order valence-corrected chi connectivity index (χ4v) is 1.26. The molecule has 0 aromatic heterocycles. The smallest absolute Gasteiger partial charge is 0.126 e. The Bertz CT molecular complexity index is 283. The molecule has 0 radical (unpaired) electrons. The molecule has 0 unspecified atom stereocenters. The highest BCUT2D eigenvalue weighted by Crippen LogP contribution is 2.20. The van der Waals surface area contributed by atoms with E-state index in [1.807, 2.05) is 6.92 Å². The van der Waals surface area contributed by atoms with E-state index in [1.165, 1.54) is 6.07 Å². The van der Waals surface area contributed by atoms with Crippen LogP contribution in [0.4, 0.5) is 4.39 Å². The second-order valence-corrected chi connectivity index (χ2v) is 3.31. The van der Waals surface area contributed by atoms with Crippen LogP contribution in [-0.4, -0.2) is 5.11 Å². The van der Waals surface area contributed by atoms with E-state index in [0.717, 1.165) is 6.42 Å². The lowest BCUT2D eigenvalue weighted by Crippen LogP contribution is -1.97. The maximum Gasteiger partial charge on any atom is 0.126 e. The lowest BCUT2D eigenvalue weighted by atomic mass is 10.0. The third kappa shape index (κ3) is 2.52. The van der Waals surface area contributed by atoms with E-state index in [-0.39, 0.29) is 5.82 Å². The van der Waals surface area contributed by atoms with Crippen molar-refractivity contribution in [2.45, 2.75) is 32.8 Å². The van der Waals surface area contributed by atoms with Gasteiger partial charge >= 0.3 is 0 Å². The van der Waals surface area contributed by atoms with Crippen LogP contribution in [0.1, 0.15) is 37.0 Å². The van der Waals surface area contributed by atoms with Crippen molar-refractivity contribution in [2.24, 2.45) is 0 Å². The monoisotopic (exact) mass is 182 g/mol. The lowest BCUT2D eigenvalue weighted by Gasteiger charge is -2.09. The highest BCUT2D eigenvalue weighted by atomic mass is 19.1. The molecular formula is C11H15FO. The Morgan fingerprint density at radius 1 is 1.46 bits per heavy atom. The summed E-state index contributed by atoms with van der Waals surface area (Å²) in [7, 11) is 0. The molecule has 0 amide bonds. The molecule has 0 aliphatic carbocycles. The first-order valence-electron chi connectivity index (χ1n) is 4.59. The highest BCUT2D eigenvalue weighted by Gasteiger charge is 2.07. The largest absolute Gasteiger partial charge is 0.388 e. The van der Waals surface area contributed by atoms with E-state index in [1.54, 1.807) is 19.1 Å². The summed E-state index contributed by atoms with van der Waals surface area (Å²) >= 11 is 0. The van der Waals surface area contributed by atoms with Crippen molar-refractivity contribution in [2.75, 3.05) is 0 Å².